The van der Waals surface area contributed by atoms with Crippen LogP contribution in [0.1, 0.15) is 18.4 Å². The van der Waals surface area contributed by atoms with Gasteiger partial charge in [-0.2, -0.15) is 0 Å². The van der Waals surface area contributed by atoms with Crippen molar-refractivity contribution in [1.29, 1.82) is 0 Å². The molecule has 1 fully saturated rings. The molecule has 1 aromatic carbocycles. The molecular formula is C15H22N2O3. The average Bonchev–Trinajstić information content (AvgIpc) is 2.47. The quantitative estimate of drug-likeness (QED) is 0.884. The number of ether oxygens (including phenoxy) is 2. The van der Waals surface area contributed by atoms with Crippen LogP contribution in [0.3, 0.4) is 0 Å². The molecule has 0 radical (unpaired) electrons. The van der Waals surface area contributed by atoms with Crippen molar-refractivity contribution in [3.8, 4) is 11.5 Å². The lowest BCUT2D eigenvalue weighted by Crippen LogP contribution is -2.40. The highest BCUT2D eigenvalue weighted by atomic mass is 16.5. The summed E-state index contributed by atoms with van der Waals surface area (Å²) in [6.07, 6.45) is 1.92. The summed E-state index contributed by atoms with van der Waals surface area (Å²) in [6, 6.07) is 5.91. The van der Waals surface area contributed by atoms with Crippen molar-refractivity contribution >= 4 is 5.91 Å². The Morgan fingerprint density at radius 1 is 1.35 bits per heavy atom. The molecule has 1 heterocycles. The van der Waals surface area contributed by atoms with Gasteiger partial charge in [0.2, 0.25) is 5.91 Å². The van der Waals surface area contributed by atoms with Gasteiger partial charge >= 0.3 is 0 Å². The molecule has 5 nitrogen and oxygen atoms in total. The molecule has 0 aromatic heterocycles. The Bertz CT molecular complexity index is 476. The predicted octanol–water partition coefficient (Wildman–Crippen LogP) is 1.40. The second-order valence-corrected chi connectivity index (χ2v) is 5.17. The summed E-state index contributed by atoms with van der Waals surface area (Å²) < 4.78 is 10.5. The van der Waals surface area contributed by atoms with Crippen LogP contribution < -0.4 is 15.2 Å². The maximum atomic E-state index is 11.3. The van der Waals surface area contributed by atoms with Crippen molar-refractivity contribution in [1.82, 2.24) is 4.90 Å². The van der Waals surface area contributed by atoms with Crippen molar-refractivity contribution in [3.63, 3.8) is 0 Å². The number of rotatable bonds is 5. The zero-order chi connectivity index (χ0) is 14.5. The molecule has 5 heteroatoms. The Labute approximate surface area is 119 Å². The SMILES string of the molecule is COc1ccc(CN2CCC[C@@H](C(N)=O)C2)cc1OC. The average molecular weight is 278 g/mol. The van der Waals surface area contributed by atoms with Gasteiger partial charge in [-0.15, -0.1) is 0 Å². The molecule has 1 amide bonds. The van der Waals surface area contributed by atoms with Crippen LogP contribution in [-0.4, -0.2) is 38.1 Å². The Morgan fingerprint density at radius 2 is 2.10 bits per heavy atom. The molecule has 110 valence electrons. The van der Waals surface area contributed by atoms with Crippen molar-refractivity contribution in [2.75, 3.05) is 27.3 Å². The fourth-order valence-electron chi connectivity index (χ4n) is 2.67. The molecule has 1 aliphatic heterocycles. The van der Waals surface area contributed by atoms with E-state index in [9.17, 15) is 4.79 Å². The van der Waals surface area contributed by atoms with Crippen molar-refractivity contribution in [3.05, 3.63) is 23.8 Å². The number of piperidine rings is 1. The first-order valence-corrected chi connectivity index (χ1v) is 6.86. The van der Waals surface area contributed by atoms with Crippen LogP contribution in [0.5, 0.6) is 11.5 Å². The van der Waals surface area contributed by atoms with Gasteiger partial charge in [0.25, 0.3) is 0 Å². The molecule has 1 aliphatic rings. The van der Waals surface area contributed by atoms with E-state index in [1.165, 1.54) is 0 Å². The third-order valence-electron chi connectivity index (χ3n) is 3.76. The fraction of sp³-hybridized carbons (Fsp3) is 0.533. The van der Waals surface area contributed by atoms with Crippen molar-refractivity contribution in [2.24, 2.45) is 11.7 Å². The number of benzene rings is 1. The highest BCUT2D eigenvalue weighted by Crippen LogP contribution is 2.28. The molecule has 0 aliphatic carbocycles. The van der Waals surface area contributed by atoms with Gasteiger partial charge in [-0.3, -0.25) is 9.69 Å². The second kappa shape index (κ2) is 6.61. The van der Waals surface area contributed by atoms with E-state index in [0.717, 1.165) is 49.5 Å². The highest BCUT2D eigenvalue weighted by Gasteiger charge is 2.24. The van der Waals surface area contributed by atoms with E-state index in [1.54, 1.807) is 14.2 Å². The summed E-state index contributed by atoms with van der Waals surface area (Å²) in [5, 5.41) is 0. The van der Waals surface area contributed by atoms with E-state index in [0.29, 0.717) is 0 Å². The van der Waals surface area contributed by atoms with E-state index >= 15 is 0 Å². The number of nitrogens with two attached hydrogens (primary N) is 1. The monoisotopic (exact) mass is 278 g/mol. The van der Waals surface area contributed by atoms with E-state index in [1.807, 2.05) is 18.2 Å². The maximum Gasteiger partial charge on any atom is 0.221 e. The maximum absolute atomic E-state index is 11.3. The van der Waals surface area contributed by atoms with Crippen molar-refractivity contribution in [2.45, 2.75) is 19.4 Å². The Morgan fingerprint density at radius 3 is 2.75 bits per heavy atom. The van der Waals surface area contributed by atoms with E-state index in [4.69, 9.17) is 15.2 Å². The number of hydrogen-bond acceptors (Lipinski definition) is 4. The van der Waals surface area contributed by atoms with Crippen LogP contribution in [0.15, 0.2) is 18.2 Å². The molecule has 2 N–H and O–H groups in total. The number of carbonyl (C=O) groups excluding carboxylic acids is 1. The minimum atomic E-state index is -0.193. The fourth-order valence-corrected chi connectivity index (χ4v) is 2.67. The number of amides is 1. The van der Waals surface area contributed by atoms with Gasteiger partial charge < -0.3 is 15.2 Å². The molecule has 1 aromatic rings. The predicted molar refractivity (Wildman–Crippen MR) is 76.7 cm³/mol. The number of carbonyl (C=O) groups is 1. The Balaban J connectivity index is 2.04. The molecule has 0 saturated carbocycles. The first kappa shape index (κ1) is 14.7. The molecular weight excluding hydrogens is 256 g/mol. The van der Waals surface area contributed by atoms with Gasteiger partial charge in [-0.25, -0.2) is 0 Å². The zero-order valence-electron chi connectivity index (χ0n) is 12.1. The summed E-state index contributed by atoms with van der Waals surface area (Å²) >= 11 is 0. The summed E-state index contributed by atoms with van der Waals surface area (Å²) in [6.45, 7) is 2.53. The third-order valence-corrected chi connectivity index (χ3v) is 3.76. The van der Waals surface area contributed by atoms with Crippen LogP contribution >= 0.6 is 0 Å². The van der Waals surface area contributed by atoms with Gasteiger partial charge in [-0.1, -0.05) is 6.07 Å². The lowest BCUT2D eigenvalue weighted by molar-refractivity contribution is -0.123. The lowest BCUT2D eigenvalue weighted by atomic mass is 9.97. The van der Waals surface area contributed by atoms with Crippen LogP contribution in [-0.2, 0) is 11.3 Å². The number of methoxy groups -OCH3 is 2. The minimum absolute atomic E-state index is 0.0242. The molecule has 0 bridgehead atoms. The van der Waals surface area contributed by atoms with Gasteiger partial charge in [0, 0.05) is 13.1 Å². The third kappa shape index (κ3) is 3.42. The molecule has 0 unspecified atom stereocenters. The number of hydrogen-bond donors (Lipinski definition) is 1. The summed E-state index contributed by atoms with van der Waals surface area (Å²) in [5.41, 5.74) is 6.55. The van der Waals surface area contributed by atoms with Gasteiger partial charge in [0.15, 0.2) is 11.5 Å². The van der Waals surface area contributed by atoms with Crippen LogP contribution in [0.2, 0.25) is 0 Å². The van der Waals surface area contributed by atoms with Crippen molar-refractivity contribution < 1.29 is 14.3 Å². The Hall–Kier alpha value is -1.75. The van der Waals surface area contributed by atoms with Crippen LogP contribution in [0.25, 0.3) is 0 Å². The summed E-state index contributed by atoms with van der Waals surface area (Å²) in [4.78, 5) is 13.6. The van der Waals surface area contributed by atoms with Crippen LogP contribution in [0.4, 0.5) is 0 Å². The smallest absolute Gasteiger partial charge is 0.221 e. The van der Waals surface area contributed by atoms with Gasteiger partial charge in [0.1, 0.15) is 0 Å². The van der Waals surface area contributed by atoms with E-state index in [2.05, 4.69) is 4.90 Å². The van der Waals surface area contributed by atoms with E-state index in [-0.39, 0.29) is 11.8 Å². The largest absolute Gasteiger partial charge is 0.493 e. The molecule has 2 rings (SSSR count). The highest BCUT2D eigenvalue weighted by molar-refractivity contribution is 5.76. The van der Waals surface area contributed by atoms with E-state index < -0.39 is 0 Å². The topological polar surface area (TPSA) is 64.8 Å². The molecule has 20 heavy (non-hydrogen) atoms. The second-order valence-electron chi connectivity index (χ2n) is 5.17. The summed E-state index contributed by atoms with van der Waals surface area (Å²) in [7, 11) is 3.26. The molecule has 1 atom stereocenters. The summed E-state index contributed by atoms with van der Waals surface area (Å²) in [5.74, 6) is 1.24. The standard InChI is InChI=1S/C15H22N2O3/c1-19-13-6-5-11(8-14(13)20-2)9-17-7-3-4-12(10-17)15(16)18/h5-6,8,12H,3-4,7,9-10H2,1-2H3,(H2,16,18)/t12-/m1/s1. The van der Waals surface area contributed by atoms with Crippen LogP contribution in [0, 0.1) is 5.92 Å². The first-order valence-electron chi connectivity index (χ1n) is 6.86. The molecule has 1 saturated heterocycles. The minimum Gasteiger partial charge on any atom is -0.493 e. The number of likely N-dealkylation sites (tertiary alicyclic amines) is 1. The number of nitrogens with zero attached hydrogens (tertiary/aromatic N) is 1. The Kier molecular flexibility index (Phi) is 4.84. The number of primary amides is 1. The van der Waals surface area contributed by atoms with Gasteiger partial charge in [-0.05, 0) is 37.1 Å². The van der Waals surface area contributed by atoms with Gasteiger partial charge in [0.05, 0.1) is 20.1 Å². The normalized spacial score (nSPS) is 19.6. The lowest BCUT2D eigenvalue weighted by Gasteiger charge is -2.31. The zero-order valence-corrected chi connectivity index (χ0v) is 12.1. The first-order chi connectivity index (χ1) is 9.63. The molecule has 0 spiro atoms.